The number of benzene rings is 1. The zero-order valence-electron chi connectivity index (χ0n) is 17.3. The lowest BCUT2D eigenvalue weighted by molar-refractivity contribution is 0.0996. The number of amides is 1. The van der Waals surface area contributed by atoms with E-state index < -0.39 is 11.6 Å². The van der Waals surface area contributed by atoms with E-state index in [9.17, 15) is 13.6 Å². The third-order valence-corrected chi connectivity index (χ3v) is 6.17. The van der Waals surface area contributed by atoms with Crippen LogP contribution in [0.15, 0.2) is 18.2 Å². The van der Waals surface area contributed by atoms with Crippen LogP contribution in [-0.2, 0) is 5.66 Å². The molecule has 1 aromatic carbocycles. The molecule has 5 N–H and O–H groups in total. The van der Waals surface area contributed by atoms with E-state index in [0.717, 1.165) is 24.2 Å². The minimum Gasteiger partial charge on any atom is -0.496 e. The van der Waals surface area contributed by atoms with Crippen molar-refractivity contribution in [3.8, 4) is 17.0 Å². The Morgan fingerprint density at radius 1 is 1.39 bits per heavy atom. The van der Waals surface area contributed by atoms with Crippen LogP contribution in [0, 0.1) is 0 Å². The molecule has 166 valence electrons. The van der Waals surface area contributed by atoms with E-state index in [1.165, 1.54) is 34.5 Å². The van der Waals surface area contributed by atoms with E-state index in [0.29, 0.717) is 27.4 Å². The number of nitrogens with two attached hydrogens (primary N) is 2. The average molecular weight is 467 g/mol. The van der Waals surface area contributed by atoms with Crippen molar-refractivity contribution in [3.63, 3.8) is 0 Å². The van der Waals surface area contributed by atoms with Crippen LogP contribution in [0.3, 0.4) is 0 Å². The van der Waals surface area contributed by atoms with Gasteiger partial charge in [-0.2, -0.15) is 8.78 Å². The van der Waals surface area contributed by atoms with Crippen LogP contribution < -0.4 is 21.5 Å². The number of halogens is 2. The second-order valence-electron chi connectivity index (χ2n) is 7.16. The van der Waals surface area contributed by atoms with Gasteiger partial charge in [-0.25, -0.2) is 9.97 Å². The summed E-state index contributed by atoms with van der Waals surface area (Å²) in [5, 5.41) is 3.68. The van der Waals surface area contributed by atoms with Gasteiger partial charge in [0.25, 0.3) is 11.6 Å². The standard InChI is InChI=1S/C20H24F2N5O2PS/c1-4-5-9(2)25-19-26-15(13-14(23)16(17(24)28)31-18(13)27-19)10-6-7-11(20(21,22)30)12(8-10)29-3/h6-9H,4-5,23,30H2,1-3H3,(H2,24,28)(H,25,26,27). The Balaban J connectivity index is 2.25. The van der Waals surface area contributed by atoms with Crippen LogP contribution in [0.25, 0.3) is 21.5 Å². The number of ether oxygens (including phenoxy) is 1. The fraction of sp³-hybridized carbons (Fsp3) is 0.350. The van der Waals surface area contributed by atoms with Crippen LogP contribution in [0.2, 0.25) is 0 Å². The summed E-state index contributed by atoms with van der Waals surface area (Å²) in [7, 11) is 2.82. The van der Waals surface area contributed by atoms with E-state index in [4.69, 9.17) is 16.2 Å². The third kappa shape index (κ3) is 4.70. The van der Waals surface area contributed by atoms with Crippen molar-refractivity contribution in [2.75, 3.05) is 18.2 Å². The van der Waals surface area contributed by atoms with Crippen LogP contribution in [-0.4, -0.2) is 29.0 Å². The van der Waals surface area contributed by atoms with Crippen LogP contribution in [0.4, 0.5) is 20.4 Å². The summed E-state index contributed by atoms with van der Waals surface area (Å²) in [4.78, 5) is 21.6. The molecule has 3 rings (SSSR count). The summed E-state index contributed by atoms with van der Waals surface area (Å²) in [6.45, 7) is 4.08. The number of hydrogen-bond donors (Lipinski definition) is 3. The molecule has 0 fully saturated rings. The Morgan fingerprint density at radius 2 is 2.10 bits per heavy atom. The first-order chi connectivity index (χ1) is 14.6. The molecule has 0 bridgehead atoms. The second kappa shape index (κ2) is 8.88. The van der Waals surface area contributed by atoms with Crippen molar-refractivity contribution < 1.29 is 18.3 Å². The molecule has 0 radical (unpaired) electrons. The van der Waals surface area contributed by atoms with Gasteiger partial charge in [0.05, 0.1) is 29.4 Å². The highest BCUT2D eigenvalue weighted by Crippen LogP contribution is 2.44. The maximum Gasteiger partial charge on any atom is 0.287 e. The number of fused-ring (bicyclic) bond motifs is 1. The third-order valence-electron chi connectivity index (χ3n) is 4.74. The average Bonchev–Trinajstić information content (AvgIpc) is 3.03. The largest absolute Gasteiger partial charge is 0.496 e. The monoisotopic (exact) mass is 467 g/mol. The summed E-state index contributed by atoms with van der Waals surface area (Å²) in [6.07, 6.45) is 1.88. The molecule has 0 saturated heterocycles. The first-order valence-electron chi connectivity index (χ1n) is 9.58. The number of aromatic nitrogens is 2. The van der Waals surface area contributed by atoms with Crippen molar-refractivity contribution in [3.05, 3.63) is 28.6 Å². The minimum atomic E-state index is -3.16. The second-order valence-corrected chi connectivity index (χ2v) is 8.88. The molecule has 0 spiro atoms. The number of nitrogens with zero attached hydrogens (tertiary/aromatic N) is 2. The summed E-state index contributed by atoms with van der Waals surface area (Å²) in [5.74, 6) is -0.321. The molecule has 0 saturated carbocycles. The molecule has 31 heavy (non-hydrogen) atoms. The smallest absolute Gasteiger partial charge is 0.287 e. The molecule has 1 amide bonds. The lowest BCUT2D eigenvalue weighted by Crippen LogP contribution is -2.16. The quantitative estimate of drug-likeness (QED) is 0.418. The maximum absolute atomic E-state index is 13.9. The maximum atomic E-state index is 13.9. The van der Waals surface area contributed by atoms with Crippen molar-refractivity contribution >= 4 is 48.3 Å². The highest BCUT2D eigenvalue weighted by molar-refractivity contribution is 7.21. The molecule has 2 atom stereocenters. The van der Waals surface area contributed by atoms with Crippen molar-refractivity contribution in [1.82, 2.24) is 9.97 Å². The fourth-order valence-corrected chi connectivity index (χ4v) is 4.50. The number of thiophene rings is 1. The highest BCUT2D eigenvalue weighted by atomic mass is 32.1. The number of alkyl halides is 2. The first kappa shape index (κ1) is 23.1. The van der Waals surface area contributed by atoms with E-state index in [1.807, 2.05) is 6.92 Å². The Hall–Kier alpha value is -2.58. The number of carbonyl (C=O) groups is 1. The number of anilines is 2. The minimum absolute atomic E-state index is 0.00190. The van der Waals surface area contributed by atoms with Gasteiger partial charge in [0.2, 0.25) is 5.95 Å². The predicted octanol–water partition coefficient (Wildman–Crippen LogP) is 4.57. The number of nitrogens with one attached hydrogen (secondary N) is 1. The van der Waals surface area contributed by atoms with Gasteiger partial charge < -0.3 is 21.5 Å². The van der Waals surface area contributed by atoms with Gasteiger partial charge in [-0.15, -0.1) is 11.3 Å². The van der Waals surface area contributed by atoms with Gasteiger partial charge in [0.1, 0.15) is 15.5 Å². The molecule has 7 nitrogen and oxygen atoms in total. The highest BCUT2D eigenvalue weighted by Gasteiger charge is 2.29. The van der Waals surface area contributed by atoms with E-state index in [2.05, 4.69) is 22.2 Å². The van der Waals surface area contributed by atoms with Crippen LogP contribution >= 0.6 is 20.6 Å². The summed E-state index contributed by atoms with van der Waals surface area (Å²) in [6, 6.07) is 4.36. The Bertz CT molecular complexity index is 1130. The summed E-state index contributed by atoms with van der Waals surface area (Å²) < 4.78 is 33.0. The van der Waals surface area contributed by atoms with E-state index in [-0.39, 0.29) is 27.9 Å². The van der Waals surface area contributed by atoms with Crippen molar-refractivity contribution in [2.24, 2.45) is 5.73 Å². The zero-order valence-corrected chi connectivity index (χ0v) is 19.3. The Labute approximate surface area is 184 Å². The molecule has 2 aromatic heterocycles. The predicted molar refractivity (Wildman–Crippen MR) is 124 cm³/mol. The lowest BCUT2D eigenvalue weighted by atomic mass is 10.0. The molecule has 2 unspecified atom stereocenters. The van der Waals surface area contributed by atoms with Gasteiger partial charge in [0, 0.05) is 11.6 Å². The van der Waals surface area contributed by atoms with Crippen molar-refractivity contribution in [2.45, 2.75) is 38.4 Å². The topological polar surface area (TPSA) is 116 Å². The number of rotatable bonds is 8. The Morgan fingerprint density at radius 3 is 2.68 bits per heavy atom. The van der Waals surface area contributed by atoms with Crippen LogP contribution in [0.5, 0.6) is 5.75 Å². The van der Waals surface area contributed by atoms with Gasteiger partial charge >= 0.3 is 0 Å². The van der Waals surface area contributed by atoms with Gasteiger partial charge in [0.15, 0.2) is 0 Å². The molecule has 2 heterocycles. The molecule has 3 aromatic rings. The molecule has 0 aliphatic carbocycles. The zero-order chi connectivity index (χ0) is 22.9. The molecule has 0 aliphatic heterocycles. The van der Waals surface area contributed by atoms with E-state index >= 15 is 0 Å². The number of methoxy groups -OCH3 is 1. The summed E-state index contributed by atoms with van der Waals surface area (Å²) >= 11 is 1.07. The van der Waals surface area contributed by atoms with Crippen LogP contribution in [0.1, 0.15) is 41.9 Å². The number of nitrogen functional groups attached to an aromatic ring is 1. The number of hydrogen-bond acceptors (Lipinski definition) is 7. The summed E-state index contributed by atoms with van der Waals surface area (Å²) in [5.41, 5.74) is 9.28. The van der Waals surface area contributed by atoms with Crippen molar-refractivity contribution in [1.29, 1.82) is 0 Å². The van der Waals surface area contributed by atoms with Gasteiger partial charge in [-0.05, 0) is 25.5 Å². The number of carbonyl (C=O) groups excluding carboxylic acids is 1. The number of primary amides is 1. The molecular weight excluding hydrogens is 443 g/mol. The SMILES string of the molecule is CCCC(C)Nc1nc(-c2ccc(C(F)(F)P)c(OC)c2)c2c(N)c(C(N)=O)sc2n1. The van der Waals surface area contributed by atoms with Gasteiger partial charge in [-0.1, -0.05) is 28.7 Å². The first-order valence-corrected chi connectivity index (χ1v) is 11.0. The lowest BCUT2D eigenvalue weighted by Gasteiger charge is -2.17. The normalized spacial score (nSPS) is 12.7. The Kier molecular flexibility index (Phi) is 6.62. The molecular formula is C20H24F2N5O2PS. The molecule has 0 aliphatic rings. The molecule has 11 heteroatoms. The van der Waals surface area contributed by atoms with Gasteiger partial charge in [-0.3, -0.25) is 4.79 Å². The van der Waals surface area contributed by atoms with E-state index in [1.54, 1.807) is 0 Å². The fourth-order valence-electron chi connectivity index (χ4n) is 3.32.